The second-order valence-corrected chi connectivity index (χ2v) is 4.15. The van der Waals surface area contributed by atoms with Crippen LogP contribution in [0.1, 0.15) is 31.4 Å². The first kappa shape index (κ1) is 15.2. The van der Waals surface area contributed by atoms with Crippen LogP contribution in [-0.2, 0) is 9.59 Å². The number of unbranched alkanes of at least 4 members (excludes halogenated alkanes) is 2. The molecule has 0 saturated heterocycles. The van der Waals surface area contributed by atoms with Gasteiger partial charge in [-0.15, -0.1) is 0 Å². The maximum atomic E-state index is 11.4. The van der Waals surface area contributed by atoms with Crippen LogP contribution in [0.25, 0.3) is 6.08 Å². The zero-order chi connectivity index (χ0) is 13.9. The number of amides is 1. The van der Waals surface area contributed by atoms with Crippen molar-refractivity contribution in [3.05, 3.63) is 30.2 Å². The van der Waals surface area contributed by atoms with Crippen molar-refractivity contribution in [1.29, 1.82) is 0 Å². The number of hydrogen-bond acceptors (Lipinski definition) is 4. The van der Waals surface area contributed by atoms with Gasteiger partial charge in [0.05, 0.1) is 6.26 Å². The number of aliphatic hydroxyl groups is 1. The van der Waals surface area contributed by atoms with Crippen LogP contribution in [0.3, 0.4) is 0 Å². The van der Waals surface area contributed by atoms with E-state index < -0.39 is 0 Å². The molecule has 0 aliphatic carbocycles. The molecule has 1 rings (SSSR count). The molecule has 1 aromatic rings. The van der Waals surface area contributed by atoms with Gasteiger partial charge in [-0.2, -0.15) is 0 Å². The Morgan fingerprint density at radius 1 is 1.32 bits per heavy atom. The summed E-state index contributed by atoms with van der Waals surface area (Å²) < 4.78 is 5.06. The monoisotopic (exact) mass is 265 g/mol. The van der Waals surface area contributed by atoms with Gasteiger partial charge in [0.2, 0.25) is 5.91 Å². The smallest absolute Gasteiger partial charge is 0.244 e. The van der Waals surface area contributed by atoms with Crippen molar-refractivity contribution in [2.45, 2.75) is 25.7 Å². The third-order valence-electron chi connectivity index (χ3n) is 2.55. The number of aliphatic hydroxyl groups excluding tert-OH is 1. The molecule has 0 aliphatic heterocycles. The number of nitrogens with one attached hydrogen (secondary N) is 1. The third-order valence-corrected chi connectivity index (χ3v) is 2.55. The average molecular weight is 265 g/mol. The SMILES string of the molecule is O=C(CO)CCCCCNC(=O)/C=C/c1ccco1. The average Bonchev–Trinajstić information content (AvgIpc) is 2.93. The molecule has 0 aromatic carbocycles. The predicted molar refractivity (Wildman–Crippen MR) is 71.3 cm³/mol. The van der Waals surface area contributed by atoms with Crippen molar-refractivity contribution in [3.63, 3.8) is 0 Å². The zero-order valence-corrected chi connectivity index (χ0v) is 10.8. The van der Waals surface area contributed by atoms with Crippen molar-refractivity contribution >= 4 is 17.8 Å². The number of carbonyl (C=O) groups excluding carboxylic acids is 2. The first-order chi connectivity index (χ1) is 9.22. The second-order valence-electron chi connectivity index (χ2n) is 4.15. The standard InChI is InChI=1S/C14H19NO4/c16-11-12(17)5-2-1-3-9-15-14(18)8-7-13-6-4-10-19-13/h4,6-8,10,16H,1-3,5,9,11H2,(H,15,18)/b8-7+. The Kier molecular flexibility index (Phi) is 7.27. The highest BCUT2D eigenvalue weighted by atomic mass is 16.3. The van der Waals surface area contributed by atoms with Gasteiger partial charge in [-0.05, 0) is 31.1 Å². The molecule has 0 saturated carbocycles. The molecule has 0 aliphatic rings. The van der Waals surface area contributed by atoms with Crippen LogP contribution in [0.2, 0.25) is 0 Å². The van der Waals surface area contributed by atoms with Gasteiger partial charge in [0.25, 0.3) is 0 Å². The second kappa shape index (κ2) is 9.10. The topological polar surface area (TPSA) is 79.5 Å². The van der Waals surface area contributed by atoms with E-state index in [9.17, 15) is 9.59 Å². The maximum absolute atomic E-state index is 11.4. The van der Waals surface area contributed by atoms with Gasteiger partial charge in [0.15, 0.2) is 5.78 Å². The minimum Gasteiger partial charge on any atom is -0.465 e. The van der Waals surface area contributed by atoms with Crippen LogP contribution in [0.15, 0.2) is 28.9 Å². The summed E-state index contributed by atoms with van der Waals surface area (Å²) in [5.41, 5.74) is 0. The minimum absolute atomic E-state index is 0.134. The van der Waals surface area contributed by atoms with E-state index in [1.54, 1.807) is 24.5 Å². The van der Waals surface area contributed by atoms with Crippen LogP contribution in [0.5, 0.6) is 0 Å². The van der Waals surface area contributed by atoms with Crippen molar-refractivity contribution in [1.82, 2.24) is 5.32 Å². The lowest BCUT2D eigenvalue weighted by Crippen LogP contribution is -2.22. The largest absolute Gasteiger partial charge is 0.465 e. The highest BCUT2D eigenvalue weighted by molar-refractivity contribution is 5.91. The molecule has 1 heterocycles. The molecular weight excluding hydrogens is 246 g/mol. The molecule has 0 bridgehead atoms. The lowest BCUT2D eigenvalue weighted by atomic mass is 10.1. The first-order valence-corrected chi connectivity index (χ1v) is 6.34. The fourth-order valence-electron chi connectivity index (χ4n) is 1.52. The maximum Gasteiger partial charge on any atom is 0.244 e. The molecule has 1 amide bonds. The minimum atomic E-state index is -0.381. The van der Waals surface area contributed by atoms with E-state index in [0.29, 0.717) is 18.7 Å². The first-order valence-electron chi connectivity index (χ1n) is 6.34. The van der Waals surface area contributed by atoms with Crippen LogP contribution < -0.4 is 5.32 Å². The Bertz CT molecular complexity index is 409. The van der Waals surface area contributed by atoms with Crippen molar-refractivity contribution in [3.8, 4) is 0 Å². The number of rotatable bonds is 9. The highest BCUT2D eigenvalue weighted by Crippen LogP contribution is 2.02. The zero-order valence-electron chi connectivity index (χ0n) is 10.8. The molecule has 0 atom stereocenters. The van der Waals surface area contributed by atoms with Gasteiger partial charge in [-0.3, -0.25) is 9.59 Å². The van der Waals surface area contributed by atoms with Crippen molar-refractivity contribution < 1.29 is 19.1 Å². The van der Waals surface area contributed by atoms with Crippen molar-refractivity contribution in [2.24, 2.45) is 0 Å². The van der Waals surface area contributed by atoms with Crippen LogP contribution in [-0.4, -0.2) is 29.9 Å². The molecule has 5 heteroatoms. The number of carbonyl (C=O) groups is 2. The molecule has 5 nitrogen and oxygen atoms in total. The Morgan fingerprint density at radius 3 is 2.84 bits per heavy atom. The highest BCUT2D eigenvalue weighted by Gasteiger charge is 1.99. The Balaban J connectivity index is 2.03. The van der Waals surface area contributed by atoms with Crippen molar-refractivity contribution in [2.75, 3.05) is 13.2 Å². The van der Waals surface area contributed by atoms with E-state index in [0.717, 1.165) is 19.3 Å². The summed E-state index contributed by atoms with van der Waals surface area (Å²) in [5.74, 6) is 0.339. The van der Waals surface area contributed by atoms with E-state index in [1.165, 1.54) is 6.08 Å². The summed E-state index contributed by atoms with van der Waals surface area (Å²) in [6.45, 7) is 0.197. The summed E-state index contributed by atoms with van der Waals surface area (Å²) in [4.78, 5) is 22.2. The lowest BCUT2D eigenvalue weighted by Gasteiger charge is -2.01. The Morgan fingerprint density at radius 2 is 2.16 bits per heavy atom. The third kappa shape index (κ3) is 7.21. The molecule has 0 spiro atoms. The molecule has 2 N–H and O–H groups in total. The van der Waals surface area contributed by atoms with Gasteiger partial charge in [-0.25, -0.2) is 0 Å². The summed E-state index contributed by atoms with van der Waals surface area (Å²) in [7, 11) is 0. The van der Waals surface area contributed by atoms with E-state index in [1.807, 2.05) is 0 Å². The van der Waals surface area contributed by atoms with E-state index >= 15 is 0 Å². The Hall–Kier alpha value is -1.88. The molecule has 0 radical (unpaired) electrons. The summed E-state index contributed by atoms with van der Waals surface area (Å²) in [6, 6.07) is 3.52. The molecule has 19 heavy (non-hydrogen) atoms. The summed E-state index contributed by atoms with van der Waals surface area (Å²) in [6.07, 6.45) is 7.40. The number of furan rings is 1. The van der Waals surface area contributed by atoms with E-state index in [4.69, 9.17) is 9.52 Å². The number of Topliss-reactive ketones (excluding diaryl/α,β-unsaturated/α-hetero) is 1. The van der Waals surface area contributed by atoms with Gasteiger partial charge >= 0.3 is 0 Å². The predicted octanol–water partition coefficient (Wildman–Crippen LogP) is 1.53. The van der Waals surface area contributed by atoms with Gasteiger partial charge in [0.1, 0.15) is 12.4 Å². The number of ketones is 1. The number of hydrogen-bond donors (Lipinski definition) is 2. The summed E-state index contributed by atoms with van der Waals surface area (Å²) >= 11 is 0. The fourth-order valence-corrected chi connectivity index (χ4v) is 1.52. The molecule has 104 valence electrons. The quantitative estimate of drug-likeness (QED) is 0.524. The summed E-state index contributed by atoms with van der Waals surface area (Å²) in [5, 5.41) is 11.3. The van der Waals surface area contributed by atoms with Gasteiger partial charge < -0.3 is 14.8 Å². The van der Waals surface area contributed by atoms with Crippen LogP contribution in [0.4, 0.5) is 0 Å². The lowest BCUT2D eigenvalue weighted by molar-refractivity contribution is -0.122. The molecule has 1 aromatic heterocycles. The van der Waals surface area contributed by atoms with E-state index in [2.05, 4.69) is 5.32 Å². The fraction of sp³-hybridized carbons (Fsp3) is 0.429. The van der Waals surface area contributed by atoms with Crippen LogP contribution >= 0.6 is 0 Å². The Labute approximate surface area is 112 Å². The normalized spacial score (nSPS) is 10.8. The van der Waals surface area contributed by atoms with Gasteiger partial charge in [-0.1, -0.05) is 6.42 Å². The van der Waals surface area contributed by atoms with E-state index in [-0.39, 0.29) is 18.3 Å². The van der Waals surface area contributed by atoms with Gasteiger partial charge in [0, 0.05) is 19.0 Å². The molecule has 0 fully saturated rings. The van der Waals surface area contributed by atoms with Crippen LogP contribution in [0, 0.1) is 0 Å². The molecular formula is C14H19NO4. The molecule has 0 unspecified atom stereocenters.